The molecule has 0 amide bonds. The first-order valence-corrected chi connectivity index (χ1v) is 28.0. The van der Waals surface area contributed by atoms with Crippen molar-refractivity contribution < 1.29 is 9.47 Å². The monoisotopic (exact) mass is 950 g/mol. The lowest BCUT2D eigenvalue weighted by molar-refractivity contribution is 0.149. The fourth-order valence-electron chi connectivity index (χ4n) is 16.4. The molecule has 0 atom stereocenters. The smallest absolute Gasteiger partial charge is 0.333 e. The molecule has 9 aromatic rings. The number of benzene rings is 8. The molecular weight excluding hydrogens is 888 g/mol. The predicted molar refractivity (Wildman–Crippen MR) is 303 cm³/mol. The van der Waals surface area contributed by atoms with Crippen LogP contribution in [0.4, 0.5) is 17.1 Å². The Bertz CT molecular complexity index is 3780. The first-order valence-electron chi connectivity index (χ1n) is 28.0. The van der Waals surface area contributed by atoms with Crippen LogP contribution in [-0.2, 0) is 16.2 Å². The van der Waals surface area contributed by atoms with Crippen molar-refractivity contribution in [3.05, 3.63) is 162 Å². The molecule has 16 rings (SSSR count). The van der Waals surface area contributed by atoms with Crippen molar-refractivity contribution in [1.29, 1.82) is 0 Å². The summed E-state index contributed by atoms with van der Waals surface area (Å²) in [7, 11) is 0. The molecule has 4 aliphatic carbocycles. The molecule has 4 heterocycles. The Labute approximate surface area is 430 Å². The van der Waals surface area contributed by atoms with Crippen LogP contribution in [0.3, 0.4) is 0 Å². The minimum atomic E-state index is -0.135. The topological polar surface area (TPSA) is 26.6 Å². The average molecular weight is 951 g/mol. The standard InChI is InChI=1S/C68H63BN2O2/c1-66(2,3)46-25-27-55(50(34-46)44-19-5-4-6-20-44)70-57-39-62-61(72-59-23-9-10-24-60(59)73-62)38-54(57)69-64-58(70)33-45-21-7-8-22-49(45)63(64)53-37-48(68-31-13-17-43(41-68)18-14-32-68)36-52-51-35-47(26-28-56(51)71(69)65(52)53)67-29-11-15-42(40-67)16-12-30-67/h4-10,19-28,33-39,42-43H,11-18,29-32,40-41H2,1-3H3. The lowest BCUT2D eigenvalue weighted by atomic mass is 9.44. The highest BCUT2D eigenvalue weighted by molar-refractivity contribution is 6.90. The van der Waals surface area contributed by atoms with Gasteiger partial charge in [-0.3, -0.25) is 0 Å². The molecule has 4 nitrogen and oxygen atoms in total. The summed E-state index contributed by atoms with van der Waals surface area (Å²) in [6.07, 6.45) is 18.9. The normalized spacial score (nSPS) is 23.3. The van der Waals surface area contributed by atoms with Crippen LogP contribution in [0.2, 0.25) is 0 Å². The third kappa shape index (κ3) is 6.20. The summed E-state index contributed by atoms with van der Waals surface area (Å²) in [6.45, 7) is 6.85. The minimum Gasteiger partial charge on any atom is -0.450 e. The Morgan fingerprint density at radius 3 is 1.88 bits per heavy atom. The maximum atomic E-state index is 6.93. The Morgan fingerprint density at radius 2 is 1.16 bits per heavy atom. The summed E-state index contributed by atoms with van der Waals surface area (Å²) in [5.74, 6) is 4.69. The summed E-state index contributed by atoms with van der Waals surface area (Å²) < 4.78 is 16.6. The maximum absolute atomic E-state index is 6.93. The third-order valence-electron chi connectivity index (χ3n) is 19.8. The maximum Gasteiger partial charge on any atom is 0.333 e. The number of ether oxygens (including phenoxy) is 2. The second-order valence-electron chi connectivity index (χ2n) is 24.8. The number of aromatic nitrogens is 1. The van der Waals surface area contributed by atoms with Crippen molar-refractivity contribution >= 4 is 67.4 Å². The molecule has 7 aliphatic rings. The molecule has 360 valence electrons. The minimum absolute atomic E-state index is 0.0413. The van der Waals surface area contributed by atoms with Gasteiger partial charge in [0.2, 0.25) is 0 Å². The van der Waals surface area contributed by atoms with Crippen molar-refractivity contribution in [2.45, 2.75) is 127 Å². The number of para-hydroxylation sites is 2. The van der Waals surface area contributed by atoms with Gasteiger partial charge in [0.25, 0.3) is 0 Å². The van der Waals surface area contributed by atoms with E-state index in [1.165, 1.54) is 167 Å². The van der Waals surface area contributed by atoms with Crippen LogP contribution in [0.15, 0.2) is 146 Å². The predicted octanol–water partition coefficient (Wildman–Crippen LogP) is 17.5. The largest absolute Gasteiger partial charge is 0.450 e. The first kappa shape index (κ1) is 42.8. The first-order chi connectivity index (χ1) is 35.7. The van der Waals surface area contributed by atoms with E-state index >= 15 is 0 Å². The van der Waals surface area contributed by atoms with E-state index < -0.39 is 0 Å². The fourth-order valence-corrected chi connectivity index (χ4v) is 16.4. The van der Waals surface area contributed by atoms with E-state index in [-0.39, 0.29) is 23.1 Å². The molecule has 0 saturated heterocycles. The second-order valence-corrected chi connectivity index (χ2v) is 24.8. The molecule has 4 bridgehead atoms. The highest BCUT2D eigenvalue weighted by Gasteiger charge is 2.48. The van der Waals surface area contributed by atoms with Gasteiger partial charge >= 0.3 is 6.85 Å². The molecule has 3 aliphatic heterocycles. The molecule has 73 heavy (non-hydrogen) atoms. The van der Waals surface area contributed by atoms with E-state index in [1.807, 2.05) is 24.3 Å². The van der Waals surface area contributed by atoms with Crippen LogP contribution in [0.1, 0.15) is 127 Å². The zero-order valence-corrected chi connectivity index (χ0v) is 42.7. The van der Waals surface area contributed by atoms with E-state index in [4.69, 9.17) is 9.47 Å². The molecule has 0 N–H and O–H groups in total. The van der Waals surface area contributed by atoms with Gasteiger partial charge in [0.15, 0.2) is 23.0 Å². The van der Waals surface area contributed by atoms with E-state index in [0.29, 0.717) is 0 Å². The highest BCUT2D eigenvalue weighted by Crippen LogP contribution is 2.57. The van der Waals surface area contributed by atoms with Crippen molar-refractivity contribution in [3.8, 4) is 45.3 Å². The third-order valence-corrected chi connectivity index (χ3v) is 19.8. The average Bonchev–Trinajstić information content (AvgIpc) is 3.75. The van der Waals surface area contributed by atoms with Gasteiger partial charge in [0.1, 0.15) is 0 Å². The van der Waals surface area contributed by atoms with Crippen LogP contribution in [-0.4, -0.2) is 11.3 Å². The Balaban J connectivity index is 1.04. The molecule has 0 unspecified atom stereocenters. The molecule has 1 aromatic heterocycles. The van der Waals surface area contributed by atoms with E-state index in [1.54, 1.807) is 11.1 Å². The van der Waals surface area contributed by atoms with Gasteiger partial charge in [-0.15, -0.1) is 0 Å². The molecule has 4 fully saturated rings. The number of fused-ring (bicyclic) bond motifs is 15. The van der Waals surface area contributed by atoms with Crippen LogP contribution in [0.25, 0.3) is 54.8 Å². The molecule has 0 spiro atoms. The number of rotatable bonds is 4. The van der Waals surface area contributed by atoms with Crippen LogP contribution < -0.4 is 25.3 Å². The van der Waals surface area contributed by atoms with E-state index in [0.717, 1.165) is 46.2 Å². The summed E-state index contributed by atoms with van der Waals surface area (Å²) in [6, 6.07) is 56.3. The van der Waals surface area contributed by atoms with Gasteiger partial charge in [-0.25, -0.2) is 0 Å². The van der Waals surface area contributed by atoms with E-state index in [2.05, 4.69) is 151 Å². The zero-order valence-electron chi connectivity index (χ0n) is 42.7. The highest BCUT2D eigenvalue weighted by atomic mass is 16.6. The van der Waals surface area contributed by atoms with Crippen LogP contribution in [0, 0.1) is 11.8 Å². The lowest BCUT2D eigenvalue weighted by Gasteiger charge is -2.46. The second kappa shape index (κ2) is 15.4. The van der Waals surface area contributed by atoms with Crippen LogP contribution in [0.5, 0.6) is 23.0 Å². The SMILES string of the molecule is CC(C)(C)c1ccc(N2c3cc4c(cc3B3c5c2cc2ccccc2c5-c2cc(C56CCCC(CCC5)C6)cc5c6cc(C78CCCC(CCC7)C8)ccc6n3c25)Oc2ccccc2O4)c(-c2ccccc2)c1. The number of anilines is 3. The molecule has 5 heteroatoms. The Kier molecular flexibility index (Phi) is 9.03. The van der Waals surface area contributed by atoms with Crippen molar-refractivity contribution in [3.63, 3.8) is 0 Å². The lowest BCUT2D eigenvalue weighted by Crippen LogP contribution is -2.56. The summed E-state index contributed by atoms with van der Waals surface area (Å²) in [5.41, 5.74) is 19.0. The summed E-state index contributed by atoms with van der Waals surface area (Å²) in [4.78, 5) is 2.61. The van der Waals surface area contributed by atoms with Gasteiger partial charge < -0.3 is 18.9 Å². The number of hydrogen-bond donors (Lipinski definition) is 0. The molecular formula is C68H63BN2O2. The van der Waals surface area contributed by atoms with Crippen molar-refractivity contribution in [2.24, 2.45) is 11.8 Å². The van der Waals surface area contributed by atoms with Gasteiger partial charge in [-0.2, -0.15) is 0 Å². The van der Waals surface area contributed by atoms with Crippen LogP contribution >= 0.6 is 0 Å². The van der Waals surface area contributed by atoms with Gasteiger partial charge in [0.05, 0.1) is 5.69 Å². The summed E-state index contributed by atoms with van der Waals surface area (Å²) in [5, 5.41) is 5.49. The Hall–Kier alpha value is -6.72. The quantitative estimate of drug-likeness (QED) is 0.165. The van der Waals surface area contributed by atoms with Crippen molar-refractivity contribution in [2.75, 3.05) is 4.90 Å². The zero-order chi connectivity index (χ0) is 48.4. The summed E-state index contributed by atoms with van der Waals surface area (Å²) >= 11 is 0. The number of hydrogen-bond acceptors (Lipinski definition) is 3. The molecule has 8 aromatic carbocycles. The van der Waals surface area contributed by atoms with E-state index in [9.17, 15) is 0 Å². The fraction of sp³-hybridized carbons (Fsp3) is 0.324. The molecule has 0 radical (unpaired) electrons. The Morgan fingerprint density at radius 1 is 0.521 bits per heavy atom. The number of nitrogens with zero attached hydrogens (tertiary/aromatic N) is 2. The van der Waals surface area contributed by atoms with Gasteiger partial charge in [0, 0.05) is 50.4 Å². The van der Waals surface area contributed by atoms with Crippen molar-refractivity contribution in [1.82, 2.24) is 4.48 Å². The van der Waals surface area contributed by atoms with Gasteiger partial charge in [-0.05, 0) is 177 Å². The van der Waals surface area contributed by atoms with Gasteiger partial charge in [-0.1, -0.05) is 151 Å². The molecule has 4 saturated carbocycles.